The van der Waals surface area contributed by atoms with Crippen molar-refractivity contribution in [3.8, 4) is 0 Å². The summed E-state index contributed by atoms with van der Waals surface area (Å²) >= 11 is 1.37. The predicted octanol–water partition coefficient (Wildman–Crippen LogP) is 4.07. The van der Waals surface area contributed by atoms with Gasteiger partial charge >= 0.3 is 5.97 Å². The molecule has 2 rings (SSSR count). The monoisotopic (exact) mass is 281 g/mol. The van der Waals surface area contributed by atoms with Crippen molar-refractivity contribution < 1.29 is 9.53 Å². The number of ether oxygens (including phenoxy) is 1. The molecule has 0 aliphatic heterocycles. The number of rotatable bonds is 3. The Morgan fingerprint density at radius 3 is 2.79 bits per heavy atom. The van der Waals surface area contributed by atoms with Gasteiger partial charge in [-0.05, 0) is 37.5 Å². The summed E-state index contributed by atoms with van der Waals surface area (Å²) < 4.78 is 5.79. The van der Waals surface area contributed by atoms with Crippen LogP contribution in [0.4, 0.5) is 0 Å². The van der Waals surface area contributed by atoms with Gasteiger partial charge in [0.05, 0.1) is 11.2 Å². The van der Waals surface area contributed by atoms with Crippen LogP contribution in [0.1, 0.15) is 55.4 Å². The number of aryl methyl sites for hydroxylation is 1. The van der Waals surface area contributed by atoms with Crippen molar-refractivity contribution in [2.45, 2.75) is 53.1 Å². The van der Waals surface area contributed by atoms with Crippen molar-refractivity contribution in [1.82, 2.24) is 4.98 Å². The van der Waals surface area contributed by atoms with Crippen LogP contribution < -0.4 is 0 Å². The van der Waals surface area contributed by atoms with Crippen LogP contribution in [0, 0.1) is 24.7 Å². The third kappa shape index (κ3) is 3.35. The summed E-state index contributed by atoms with van der Waals surface area (Å²) in [5, 5.41) is 0. The molecule has 0 amide bonds. The first kappa shape index (κ1) is 14.5. The minimum Gasteiger partial charge on any atom is -0.458 e. The summed E-state index contributed by atoms with van der Waals surface area (Å²) in [7, 11) is 0. The van der Waals surface area contributed by atoms with Crippen LogP contribution in [-0.4, -0.2) is 17.1 Å². The second-order valence-corrected chi connectivity index (χ2v) is 6.89. The molecule has 1 aliphatic rings. The molecule has 0 saturated heterocycles. The van der Waals surface area contributed by atoms with Gasteiger partial charge in [-0.3, -0.25) is 0 Å². The molecule has 0 bridgehead atoms. The summed E-state index contributed by atoms with van der Waals surface area (Å²) in [5.41, 5.74) is 2.48. The van der Waals surface area contributed by atoms with E-state index in [0.29, 0.717) is 22.6 Å². The van der Waals surface area contributed by atoms with Gasteiger partial charge < -0.3 is 4.74 Å². The number of hydrogen-bond donors (Lipinski definition) is 0. The fourth-order valence-electron chi connectivity index (χ4n) is 2.94. The standard InChI is InChI=1S/C15H23NO2S/c1-9(2)12-6-5-10(3)7-13(12)18-15(17)14-11(4)16-8-19-14/h8-10,12-13H,5-7H2,1-4H3/t10-,12+,13-/m1/s1. The second kappa shape index (κ2) is 6.04. The van der Waals surface area contributed by atoms with Crippen molar-refractivity contribution in [3.63, 3.8) is 0 Å². The topological polar surface area (TPSA) is 39.2 Å². The Bertz CT molecular complexity index is 441. The summed E-state index contributed by atoms with van der Waals surface area (Å²) in [4.78, 5) is 17.0. The molecule has 1 heterocycles. The molecular weight excluding hydrogens is 258 g/mol. The number of thiazole rings is 1. The van der Waals surface area contributed by atoms with Crippen molar-refractivity contribution >= 4 is 17.3 Å². The van der Waals surface area contributed by atoms with E-state index in [4.69, 9.17) is 4.74 Å². The Labute approximate surface area is 119 Å². The van der Waals surface area contributed by atoms with Gasteiger partial charge in [-0.25, -0.2) is 9.78 Å². The van der Waals surface area contributed by atoms with Crippen LogP contribution in [0.25, 0.3) is 0 Å². The van der Waals surface area contributed by atoms with Gasteiger partial charge in [0.25, 0.3) is 0 Å². The lowest BCUT2D eigenvalue weighted by molar-refractivity contribution is -0.0170. The van der Waals surface area contributed by atoms with Gasteiger partial charge in [0, 0.05) is 0 Å². The average Bonchev–Trinajstić information content (AvgIpc) is 2.75. The zero-order valence-corrected chi connectivity index (χ0v) is 13.0. The lowest BCUT2D eigenvalue weighted by Crippen LogP contribution is -2.35. The molecule has 1 aliphatic carbocycles. The summed E-state index contributed by atoms with van der Waals surface area (Å²) in [6.07, 6.45) is 3.47. The fraction of sp³-hybridized carbons (Fsp3) is 0.733. The lowest BCUT2D eigenvalue weighted by Gasteiger charge is -2.36. The lowest BCUT2D eigenvalue weighted by atomic mass is 9.75. The van der Waals surface area contributed by atoms with Gasteiger partial charge in [-0.2, -0.15) is 0 Å². The molecule has 0 N–H and O–H groups in total. The van der Waals surface area contributed by atoms with E-state index in [2.05, 4.69) is 25.8 Å². The third-order valence-corrected chi connectivity index (χ3v) is 5.06. The van der Waals surface area contributed by atoms with E-state index in [0.717, 1.165) is 12.1 Å². The van der Waals surface area contributed by atoms with E-state index < -0.39 is 0 Å². The molecule has 106 valence electrons. The smallest absolute Gasteiger partial charge is 0.350 e. The number of nitrogens with zero attached hydrogens (tertiary/aromatic N) is 1. The van der Waals surface area contributed by atoms with Crippen LogP contribution in [-0.2, 0) is 4.74 Å². The molecule has 4 heteroatoms. The van der Waals surface area contributed by atoms with Gasteiger partial charge in [0.1, 0.15) is 11.0 Å². The van der Waals surface area contributed by atoms with Crippen LogP contribution in [0.5, 0.6) is 0 Å². The minimum atomic E-state index is -0.190. The van der Waals surface area contributed by atoms with Crippen LogP contribution in [0.2, 0.25) is 0 Å². The fourth-order valence-corrected chi connectivity index (χ4v) is 3.62. The van der Waals surface area contributed by atoms with Crippen molar-refractivity contribution in [3.05, 3.63) is 16.1 Å². The van der Waals surface area contributed by atoms with Gasteiger partial charge in [0.2, 0.25) is 0 Å². The van der Waals surface area contributed by atoms with E-state index in [1.54, 1.807) is 5.51 Å². The Morgan fingerprint density at radius 2 is 2.21 bits per heavy atom. The molecule has 0 spiro atoms. The van der Waals surface area contributed by atoms with Gasteiger partial charge in [0.15, 0.2) is 0 Å². The molecule has 1 aromatic heterocycles. The number of carbonyl (C=O) groups is 1. The molecule has 0 radical (unpaired) electrons. The number of carbonyl (C=O) groups excluding carboxylic acids is 1. The van der Waals surface area contributed by atoms with Crippen molar-refractivity contribution in [1.29, 1.82) is 0 Å². The maximum absolute atomic E-state index is 12.2. The Balaban J connectivity index is 2.07. The Hall–Kier alpha value is -0.900. The Morgan fingerprint density at radius 1 is 1.47 bits per heavy atom. The third-order valence-electron chi connectivity index (χ3n) is 4.15. The largest absolute Gasteiger partial charge is 0.458 e. The van der Waals surface area contributed by atoms with Gasteiger partial charge in [-0.1, -0.05) is 27.2 Å². The first-order valence-corrected chi connectivity index (χ1v) is 7.98. The maximum atomic E-state index is 12.2. The van der Waals surface area contributed by atoms with E-state index in [9.17, 15) is 4.79 Å². The van der Waals surface area contributed by atoms with Crippen molar-refractivity contribution in [2.24, 2.45) is 17.8 Å². The highest BCUT2D eigenvalue weighted by Gasteiger charge is 2.34. The van der Waals surface area contributed by atoms with Crippen LogP contribution >= 0.6 is 11.3 Å². The molecule has 3 atom stereocenters. The molecule has 1 fully saturated rings. The highest BCUT2D eigenvalue weighted by molar-refractivity contribution is 7.11. The quantitative estimate of drug-likeness (QED) is 0.784. The van der Waals surface area contributed by atoms with E-state index in [-0.39, 0.29) is 12.1 Å². The van der Waals surface area contributed by atoms with E-state index in [1.165, 1.54) is 24.2 Å². The first-order chi connectivity index (χ1) is 8.99. The molecule has 3 nitrogen and oxygen atoms in total. The molecule has 1 aromatic rings. The zero-order chi connectivity index (χ0) is 14.0. The summed E-state index contributed by atoms with van der Waals surface area (Å²) in [6, 6.07) is 0. The molecule has 0 unspecified atom stereocenters. The first-order valence-electron chi connectivity index (χ1n) is 7.10. The summed E-state index contributed by atoms with van der Waals surface area (Å²) in [6.45, 7) is 8.55. The van der Waals surface area contributed by atoms with Gasteiger partial charge in [-0.15, -0.1) is 11.3 Å². The van der Waals surface area contributed by atoms with Crippen LogP contribution in [0.3, 0.4) is 0 Å². The molecule has 19 heavy (non-hydrogen) atoms. The van der Waals surface area contributed by atoms with E-state index in [1.807, 2.05) is 6.92 Å². The zero-order valence-electron chi connectivity index (χ0n) is 12.2. The van der Waals surface area contributed by atoms with Crippen LogP contribution in [0.15, 0.2) is 5.51 Å². The Kier molecular flexibility index (Phi) is 4.61. The highest BCUT2D eigenvalue weighted by Crippen LogP contribution is 2.36. The normalized spacial score (nSPS) is 27.5. The number of hydrogen-bond acceptors (Lipinski definition) is 4. The predicted molar refractivity (Wildman–Crippen MR) is 77.4 cm³/mol. The van der Waals surface area contributed by atoms with Crippen molar-refractivity contribution in [2.75, 3.05) is 0 Å². The second-order valence-electron chi connectivity index (χ2n) is 6.04. The highest BCUT2D eigenvalue weighted by atomic mass is 32.1. The number of aromatic nitrogens is 1. The molecule has 1 saturated carbocycles. The summed E-state index contributed by atoms with van der Waals surface area (Å²) in [5.74, 6) is 1.52. The average molecular weight is 281 g/mol. The maximum Gasteiger partial charge on any atom is 0.350 e. The van der Waals surface area contributed by atoms with E-state index >= 15 is 0 Å². The SMILES string of the molecule is Cc1ncsc1C(=O)O[C@@H]1C[C@H](C)CC[C@H]1C(C)C. The minimum absolute atomic E-state index is 0.0674. The molecule has 0 aromatic carbocycles. The molecular formula is C15H23NO2S. The number of esters is 1.